The molecule has 3 aromatic rings. The molecule has 0 spiro atoms. The highest BCUT2D eigenvalue weighted by atomic mass is 32.2. The third kappa shape index (κ3) is 4.39. The van der Waals surface area contributed by atoms with E-state index in [1.54, 1.807) is 30.3 Å². The van der Waals surface area contributed by atoms with Crippen molar-refractivity contribution in [2.75, 3.05) is 18.4 Å². The van der Waals surface area contributed by atoms with Crippen LogP contribution in [0.5, 0.6) is 0 Å². The van der Waals surface area contributed by atoms with Crippen molar-refractivity contribution in [2.24, 2.45) is 0 Å². The van der Waals surface area contributed by atoms with Gasteiger partial charge in [-0.1, -0.05) is 49.0 Å². The molecule has 0 bridgehead atoms. The van der Waals surface area contributed by atoms with Crippen LogP contribution >= 0.6 is 0 Å². The van der Waals surface area contributed by atoms with E-state index < -0.39 is 10.0 Å². The Morgan fingerprint density at radius 1 is 1.03 bits per heavy atom. The first-order chi connectivity index (χ1) is 14.9. The van der Waals surface area contributed by atoms with Crippen LogP contribution < -0.4 is 15.4 Å². The van der Waals surface area contributed by atoms with Crippen molar-refractivity contribution in [2.45, 2.75) is 24.3 Å². The lowest BCUT2D eigenvalue weighted by Crippen LogP contribution is -2.44. The monoisotopic (exact) mass is 435 g/mol. The summed E-state index contributed by atoms with van der Waals surface area (Å²) in [7, 11) is -3.77. The number of rotatable bonds is 5. The minimum atomic E-state index is -3.77. The number of sulfonamides is 1. The molecule has 1 aliphatic heterocycles. The first kappa shape index (κ1) is 21.2. The number of fused-ring (bicyclic) bond motifs is 1. The fourth-order valence-corrected chi connectivity index (χ4v) is 5.35. The average Bonchev–Trinajstić information content (AvgIpc) is 2.75. The molecule has 4 rings (SSSR count). The van der Waals surface area contributed by atoms with Crippen LogP contribution in [0.25, 0.3) is 10.8 Å². The minimum absolute atomic E-state index is 0.184. The number of benzene rings is 3. The normalized spacial score (nSPS) is 16.9. The highest BCUT2D eigenvalue weighted by Crippen LogP contribution is 2.30. The van der Waals surface area contributed by atoms with Crippen LogP contribution in [0.4, 0.5) is 5.69 Å². The summed E-state index contributed by atoms with van der Waals surface area (Å²) in [5.74, 6) is -0.233. The number of hydrogen-bond acceptors (Lipinski definition) is 4. The molecule has 1 heterocycles. The Labute approximate surface area is 182 Å². The highest BCUT2D eigenvalue weighted by molar-refractivity contribution is 7.89. The average molecular weight is 436 g/mol. The van der Waals surface area contributed by atoms with Crippen LogP contribution in [0.3, 0.4) is 0 Å². The van der Waals surface area contributed by atoms with Gasteiger partial charge in [-0.3, -0.25) is 4.79 Å². The molecule has 3 N–H and O–H groups in total. The van der Waals surface area contributed by atoms with Crippen LogP contribution in [0.1, 0.15) is 22.3 Å². The molecule has 0 aliphatic carbocycles. The van der Waals surface area contributed by atoms with E-state index in [0.717, 1.165) is 17.7 Å². The molecule has 1 amide bonds. The van der Waals surface area contributed by atoms with E-state index in [4.69, 9.17) is 0 Å². The van der Waals surface area contributed by atoms with Crippen molar-refractivity contribution >= 4 is 32.4 Å². The van der Waals surface area contributed by atoms with Gasteiger partial charge >= 0.3 is 0 Å². The summed E-state index contributed by atoms with van der Waals surface area (Å²) >= 11 is 0. The number of anilines is 1. The van der Waals surface area contributed by atoms with E-state index in [9.17, 15) is 13.2 Å². The zero-order chi connectivity index (χ0) is 22.0. The van der Waals surface area contributed by atoms with E-state index >= 15 is 0 Å². The number of aryl methyl sites for hydroxylation is 1. The second-order valence-electron chi connectivity index (χ2n) is 7.72. The first-order valence-corrected chi connectivity index (χ1v) is 11.6. The van der Waals surface area contributed by atoms with Crippen molar-refractivity contribution in [3.8, 4) is 0 Å². The van der Waals surface area contributed by atoms with E-state index in [1.807, 2.05) is 37.3 Å². The van der Waals surface area contributed by atoms with E-state index in [2.05, 4.69) is 21.9 Å². The molecule has 6 nitrogen and oxygen atoms in total. The Bertz CT molecular complexity index is 1270. The maximum Gasteiger partial charge on any atom is 0.255 e. The second kappa shape index (κ2) is 8.63. The summed E-state index contributed by atoms with van der Waals surface area (Å²) in [4.78, 5) is 13.0. The third-order valence-electron chi connectivity index (χ3n) is 5.56. The molecule has 3 aromatic carbocycles. The maximum atomic E-state index is 13.2. The fourth-order valence-electron chi connectivity index (χ4n) is 3.85. The Balaban J connectivity index is 1.69. The van der Waals surface area contributed by atoms with E-state index in [1.165, 1.54) is 0 Å². The molecule has 0 aromatic heterocycles. The van der Waals surface area contributed by atoms with E-state index in [0.29, 0.717) is 35.0 Å². The van der Waals surface area contributed by atoms with Gasteiger partial charge in [0, 0.05) is 34.6 Å². The number of piperidine rings is 1. The summed E-state index contributed by atoms with van der Waals surface area (Å²) in [5, 5.41) is 7.34. The largest absolute Gasteiger partial charge is 0.321 e. The Hall–Kier alpha value is -3.00. The molecule has 1 saturated heterocycles. The van der Waals surface area contributed by atoms with Gasteiger partial charge in [0.1, 0.15) is 0 Å². The molecule has 7 heteroatoms. The summed E-state index contributed by atoms with van der Waals surface area (Å²) in [6.45, 7) is 7.19. The molecule has 0 saturated carbocycles. The van der Waals surface area contributed by atoms with Crippen LogP contribution in [0.15, 0.2) is 77.7 Å². The van der Waals surface area contributed by atoms with Gasteiger partial charge in [-0.15, -0.1) is 0 Å². The molecular formula is C24H25N3O3S. The summed E-state index contributed by atoms with van der Waals surface area (Å²) in [6.07, 6.45) is 0.653. The van der Waals surface area contributed by atoms with Crippen molar-refractivity contribution < 1.29 is 13.2 Å². The molecule has 160 valence electrons. The van der Waals surface area contributed by atoms with Gasteiger partial charge in [0.25, 0.3) is 5.91 Å². The molecule has 1 fully saturated rings. The number of amides is 1. The number of hydrogen-bond donors (Lipinski definition) is 3. The molecule has 1 unspecified atom stereocenters. The molecular weight excluding hydrogens is 410 g/mol. The maximum absolute atomic E-state index is 13.2. The highest BCUT2D eigenvalue weighted by Gasteiger charge is 2.26. The van der Waals surface area contributed by atoms with Crippen LogP contribution in [0.2, 0.25) is 0 Å². The lowest BCUT2D eigenvalue weighted by atomic mass is 10.0. The smallest absolute Gasteiger partial charge is 0.255 e. The van der Waals surface area contributed by atoms with Gasteiger partial charge in [0.15, 0.2) is 0 Å². The molecule has 1 aliphatic rings. The Morgan fingerprint density at radius 3 is 2.48 bits per heavy atom. The third-order valence-corrected chi connectivity index (χ3v) is 7.09. The SMILES string of the molecule is C=C1CNCCC1NS(=O)(=O)c1ccc(NC(=O)c2ccccc2C)c2ccccc12. The topological polar surface area (TPSA) is 87.3 Å². The predicted octanol–water partition coefficient (Wildman–Crippen LogP) is 3.60. The minimum Gasteiger partial charge on any atom is -0.321 e. The lowest BCUT2D eigenvalue weighted by Gasteiger charge is -2.26. The van der Waals surface area contributed by atoms with Crippen LogP contribution in [0, 0.1) is 6.92 Å². The standard InChI is InChI=1S/C24H25N3O3S/c1-16-7-3-4-8-18(16)24(28)26-22-11-12-23(20-10-6-5-9-19(20)22)31(29,30)27-21-13-14-25-15-17(21)2/h3-12,21,25,27H,2,13-15H2,1H3,(H,26,28). The lowest BCUT2D eigenvalue weighted by molar-refractivity contribution is 0.102. The van der Waals surface area contributed by atoms with Gasteiger partial charge in [-0.25, -0.2) is 13.1 Å². The van der Waals surface area contributed by atoms with Crippen molar-refractivity contribution in [3.05, 3.63) is 83.9 Å². The van der Waals surface area contributed by atoms with E-state index in [-0.39, 0.29) is 16.8 Å². The van der Waals surface area contributed by atoms with Crippen molar-refractivity contribution in [1.29, 1.82) is 0 Å². The predicted molar refractivity (Wildman–Crippen MR) is 124 cm³/mol. The van der Waals surface area contributed by atoms with Crippen molar-refractivity contribution in [3.63, 3.8) is 0 Å². The number of nitrogens with one attached hydrogen (secondary N) is 3. The number of carbonyl (C=O) groups is 1. The summed E-state index contributed by atoms with van der Waals surface area (Å²) in [6, 6.07) is 17.4. The van der Waals surface area contributed by atoms with Gasteiger partial charge in [-0.05, 0) is 49.2 Å². The fraction of sp³-hybridized carbons (Fsp3) is 0.208. The summed E-state index contributed by atoms with van der Waals surface area (Å²) in [5.41, 5.74) is 2.83. The quantitative estimate of drug-likeness (QED) is 0.535. The van der Waals surface area contributed by atoms with Gasteiger partial charge in [0.05, 0.1) is 4.90 Å². The first-order valence-electron chi connectivity index (χ1n) is 10.2. The van der Waals surface area contributed by atoms with Gasteiger partial charge in [0.2, 0.25) is 10.0 Å². The molecule has 31 heavy (non-hydrogen) atoms. The van der Waals surface area contributed by atoms with Gasteiger partial charge < -0.3 is 10.6 Å². The Kier molecular flexibility index (Phi) is 5.91. The Morgan fingerprint density at radius 2 is 1.74 bits per heavy atom. The molecule has 1 atom stereocenters. The zero-order valence-electron chi connectivity index (χ0n) is 17.3. The van der Waals surface area contributed by atoms with Crippen LogP contribution in [-0.2, 0) is 10.0 Å². The zero-order valence-corrected chi connectivity index (χ0v) is 18.1. The van der Waals surface area contributed by atoms with Crippen LogP contribution in [-0.4, -0.2) is 33.5 Å². The summed E-state index contributed by atoms with van der Waals surface area (Å²) < 4.78 is 29.2. The number of carbonyl (C=O) groups excluding carboxylic acids is 1. The van der Waals surface area contributed by atoms with Gasteiger partial charge in [-0.2, -0.15) is 0 Å². The second-order valence-corrected chi connectivity index (χ2v) is 9.41. The molecule has 0 radical (unpaired) electrons. The van der Waals surface area contributed by atoms with Crippen molar-refractivity contribution in [1.82, 2.24) is 10.0 Å².